The van der Waals surface area contributed by atoms with Gasteiger partial charge in [-0.05, 0) is 25.2 Å². The van der Waals surface area contributed by atoms with Gasteiger partial charge in [0, 0.05) is 23.8 Å². The van der Waals surface area contributed by atoms with Gasteiger partial charge in [-0.2, -0.15) is 0 Å². The van der Waals surface area contributed by atoms with Crippen LogP contribution < -0.4 is 5.73 Å². The Balaban J connectivity index is 2.35. The number of nitrogens with two attached hydrogens (primary N) is 1. The summed E-state index contributed by atoms with van der Waals surface area (Å²) in [5.74, 6) is 0. The van der Waals surface area contributed by atoms with Crippen LogP contribution in [-0.2, 0) is 6.54 Å². The van der Waals surface area contributed by atoms with E-state index in [4.69, 9.17) is 5.73 Å². The van der Waals surface area contributed by atoms with Crippen molar-refractivity contribution in [2.45, 2.75) is 26.4 Å². The fourth-order valence-electron chi connectivity index (χ4n) is 2.13. The van der Waals surface area contributed by atoms with Crippen LogP contribution in [0.2, 0.25) is 0 Å². The van der Waals surface area contributed by atoms with Crippen LogP contribution in [0.5, 0.6) is 0 Å². The first-order chi connectivity index (χ1) is 8.80. The van der Waals surface area contributed by atoms with E-state index >= 15 is 0 Å². The maximum Gasteiger partial charge on any atom is 0.116 e. The van der Waals surface area contributed by atoms with Crippen molar-refractivity contribution in [3.8, 4) is 0 Å². The lowest BCUT2D eigenvalue weighted by Gasteiger charge is -2.27. The third-order valence-electron chi connectivity index (χ3n) is 3.11. The molecule has 0 saturated heterocycles. The summed E-state index contributed by atoms with van der Waals surface area (Å²) in [4.78, 5) is 10.3. The number of rotatable bonds is 6. The molecule has 0 amide bonds. The standard InChI is InChI=1S/C13H20N4S/c1-3-17(4-2)12(11-6-5-7-15-11)13-16-10(8-14)9-18-13/h5-7,9,12,15H,3-4,8,14H2,1-2H3. The minimum absolute atomic E-state index is 0.209. The maximum atomic E-state index is 5.65. The molecule has 0 saturated carbocycles. The Morgan fingerprint density at radius 2 is 2.22 bits per heavy atom. The molecule has 0 fully saturated rings. The molecule has 2 rings (SSSR count). The topological polar surface area (TPSA) is 57.9 Å². The minimum atomic E-state index is 0.209. The van der Waals surface area contributed by atoms with Gasteiger partial charge in [0.2, 0.25) is 0 Å². The van der Waals surface area contributed by atoms with Crippen molar-refractivity contribution in [1.29, 1.82) is 0 Å². The number of hydrogen-bond donors (Lipinski definition) is 2. The molecule has 98 valence electrons. The first-order valence-corrected chi connectivity index (χ1v) is 7.19. The van der Waals surface area contributed by atoms with E-state index in [1.54, 1.807) is 11.3 Å². The summed E-state index contributed by atoms with van der Waals surface area (Å²) in [7, 11) is 0. The SMILES string of the molecule is CCN(CC)C(c1ccc[nH]1)c1nc(CN)cs1. The van der Waals surface area contributed by atoms with Crippen molar-refractivity contribution in [3.63, 3.8) is 0 Å². The zero-order valence-electron chi connectivity index (χ0n) is 10.9. The second-order valence-electron chi connectivity index (χ2n) is 4.13. The zero-order valence-corrected chi connectivity index (χ0v) is 11.7. The highest BCUT2D eigenvalue weighted by atomic mass is 32.1. The maximum absolute atomic E-state index is 5.65. The number of thiazole rings is 1. The molecule has 1 unspecified atom stereocenters. The van der Waals surface area contributed by atoms with Crippen LogP contribution >= 0.6 is 11.3 Å². The lowest BCUT2D eigenvalue weighted by atomic mass is 10.2. The average molecular weight is 264 g/mol. The van der Waals surface area contributed by atoms with Crippen molar-refractivity contribution < 1.29 is 0 Å². The Hall–Kier alpha value is -1.17. The predicted octanol–water partition coefficient (Wildman–Crippen LogP) is 2.36. The fourth-order valence-corrected chi connectivity index (χ4v) is 3.11. The second-order valence-corrected chi connectivity index (χ2v) is 5.02. The van der Waals surface area contributed by atoms with Gasteiger partial charge in [-0.1, -0.05) is 13.8 Å². The highest BCUT2D eigenvalue weighted by Gasteiger charge is 2.23. The molecule has 0 radical (unpaired) electrons. The third-order valence-corrected chi connectivity index (χ3v) is 4.05. The molecule has 5 heteroatoms. The highest BCUT2D eigenvalue weighted by Crippen LogP contribution is 2.29. The molecule has 0 aromatic carbocycles. The van der Waals surface area contributed by atoms with Crippen molar-refractivity contribution in [1.82, 2.24) is 14.9 Å². The third kappa shape index (κ3) is 2.63. The molecule has 0 aliphatic heterocycles. The van der Waals surface area contributed by atoms with Crippen LogP contribution in [0.15, 0.2) is 23.7 Å². The molecular weight excluding hydrogens is 244 g/mol. The predicted molar refractivity (Wildman–Crippen MR) is 75.6 cm³/mol. The van der Waals surface area contributed by atoms with Crippen molar-refractivity contribution in [3.05, 3.63) is 40.1 Å². The molecule has 0 aliphatic carbocycles. The molecule has 0 bridgehead atoms. The number of aromatic amines is 1. The summed E-state index contributed by atoms with van der Waals surface area (Å²) in [6.45, 7) is 6.86. The lowest BCUT2D eigenvalue weighted by molar-refractivity contribution is 0.246. The van der Waals surface area contributed by atoms with Gasteiger partial charge in [0.05, 0.1) is 5.69 Å². The molecule has 0 aliphatic rings. The smallest absolute Gasteiger partial charge is 0.116 e. The molecule has 4 nitrogen and oxygen atoms in total. The summed E-state index contributed by atoms with van der Waals surface area (Å²) < 4.78 is 0. The molecule has 1 atom stereocenters. The van der Waals surface area contributed by atoms with E-state index in [9.17, 15) is 0 Å². The summed E-state index contributed by atoms with van der Waals surface area (Å²) in [6, 6.07) is 4.36. The molecule has 2 heterocycles. The first-order valence-electron chi connectivity index (χ1n) is 6.31. The van der Waals surface area contributed by atoms with Gasteiger partial charge in [-0.15, -0.1) is 11.3 Å². The van der Waals surface area contributed by atoms with E-state index in [0.29, 0.717) is 6.54 Å². The highest BCUT2D eigenvalue weighted by molar-refractivity contribution is 7.09. The molecule has 3 N–H and O–H groups in total. The van der Waals surface area contributed by atoms with Crippen LogP contribution in [-0.4, -0.2) is 28.0 Å². The fraction of sp³-hybridized carbons (Fsp3) is 0.462. The van der Waals surface area contributed by atoms with Crippen molar-refractivity contribution in [2.24, 2.45) is 5.73 Å². The van der Waals surface area contributed by atoms with E-state index in [-0.39, 0.29) is 6.04 Å². The Morgan fingerprint density at radius 1 is 1.44 bits per heavy atom. The lowest BCUT2D eigenvalue weighted by Crippen LogP contribution is -2.29. The molecule has 2 aromatic heterocycles. The summed E-state index contributed by atoms with van der Waals surface area (Å²) in [5.41, 5.74) is 7.81. The van der Waals surface area contributed by atoms with Crippen LogP contribution in [0.3, 0.4) is 0 Å². The first kappa shape index (κ1) is 13.3. The summed E-state index contributed by atoms with van der Waals surface area (Å²) in [6.07, 6.45) is 1.96. The van der Waals surface area contributed by atoms with Gasteiger partial charge >= 0.3 is 0 Å². The van der Waals surface area contributed by atoms with Gasteiger partial charge in [-0.25, -0.2) is 4.98 Å². The number of H-pyrrole nitrogens is 1. The van der Waals surface area contributed by atoms with Gasteiger partial charge in [0.15, 0.2) is 0 Å². The molecule has 0 spiro atoms. The number of nitrogens with zero attached hydrogens (tertiary/aromatic N) is 2. The van der Waals surface area contributed by atoms with E-state index in [1.165, 1.54) is 5.69 Å². The van der Waals surface area contributed by atoms with Crippen LogP contribution in [0.25, 0.3) is 0 Å². The molecular formula is C13H20N4S. The summed E-state index contributed by atoms with van der Waals surface area (Å²) >= 11 is 1.69. The zero-order chi connectivity index (χ0) is 13.0. The largest absolute Gasteiger partial charge is 0.363 e. The minimum Gasteiger partial charge on any atom is -0.363 e. The van der Waals surface area contributed by atoms with Gasteiger partial charge in [-0.3, -0.25) is 4.90 Å². The van der Waals surface area contributed by atoms with E-state index in [1.807, 2.05) is 12.3 Å². The number of hydrogen-bond acceptors (Lipinski definition) is 4. The Kier molecular flexibility index (Phi) is 4.52. The van der Waals surface area contributed by atoms with E-state index in [0.717, 1.165) is 23.8 Å². The van der Waals surface area contributed by atoms with Crippen LogP contribution in [0.1, 0.15) is 36.3 Å². The number of aromatic nitrogens is 2. The van der Waals surface area contributed by atoms with E-state index < -0.39 is 0 Å². The Labute approximate surface area is 112 Å². The molecule has 2 aromatic rings. The van der Waals surface area contributed by atoms with Crippen LogP contribution in [0.4, 0.5) is 0 Å². The quantitative estimate of drug-likeness (QED) is 0.842. The molecule has 18 heavy (non-hydrogen) atoms. The van der Waals surface area contributed by atoms with Gasteiger partial charge in [0.25, 0.3) is 0 Å². The number of nitrogens with one attached hydrogen (secondary N) is 1. The summed E-state index contributed by atoms with van der Waals surface area (Å²) in [5, 5.41) is 3.16. The van der Waals surface area contributed by atoms with Gasteiger partial charge < -0.3 is 10.7 Å². The van der Waals surface area contributed by atoms with Gasteiger partial charge in [0.1, 0.15) is 11.0 Å². The monoisotopic (exact) mass is 264 g/mol. The van der Waals surface area contributed by atoms with E-state index in [2.05, 4.69) is 40.2 Å². The Bertz CT molecular complexity index is 459. The average Bonchev–Trinajstić information content (AvgIpc) is 3.07. The Morgan fingerprint density at radius 3 is 2.72 bits per heavy atom. The van der Waals surface area contributed by atoms with Crippen LogP contribution in [0, 0.1) is 0 Å². The van der Waals surface area contributed by atoms with Crippen molar-refractivity contribution >= 4 is 11.3 Å². The second kappa shape index (κ2) is 6.13. The normalized spacial score (nSPS) is 13.1. The van der Waals surface area contributed by atoms with Crippen molar-refractivity contribution in [2.75, 3.05) is 13.1 Å².